The molecule has 6 heteroatoms. The SMILES string of the molecule is CC[C@@H](C)NC(=O)[C@@H](CC)N(Cc1ccccc1C)C(=O)Cc1ccc(Cl)c(Cl)c1. The van der Waals surface area contributed by atoms with E-state index in [1.807, 2.05) is 52.0 Å². The molecule has 2 atom stereocenters. The molecule has 2 aromatic rings. The van der Waals surface area contributed by atoms with E-state index >= 15 is 0 Å². The molecule has 0 saturated carbocycles. The maximum Gasteiger partial charge on any atom is 0.243 e. The molecular weight excluding hydrogens is 419 g/mol. The van der Waals surface area contributed by atoms with Gasteiger partial charge >= 0.3 is 0 Å². The number of aryl methyl sites for hydroxylation is 1. The number of carbonyl (C=O) groups is 2. The van der Waals surface area contributed by atoms with E-state index in [0.29, 0.717) is 23.0 Å². The van der Waals surface area contributed by atoms with E-state index in [-0.39, 0.29) is 24.3 Å². The van der Waals surface area contributed by atoms with Crippen molar-refractivity contribution in [1.82, 2.24) is 10.2 Å². The van der Waals surface area contributed by atoms with Crippen LogP contribution in [0.25, 0.3) is 0 Å². The molecule has 0 heterocycles. The van der Waals surface area contributed by atoms with Gasteiger partial charge < -0.3 is 10.2 Å². The van der Waals surface area contributed by atoms with Gasteiger partial charge in [-0.05, 0) is 55.5 Å². The van der Waals surface area contributed by atoms with E-state index in [0.717, 1.165) is 23.1 Å². The minimum absolute atomic E-state index is 0.0528. The molecule has 4 nitrogen and oxygen atoms in total. The van der Waals surface area contributed by atoms with Crippen molar-refractivity contribution in [2.45, 2.75) is 65.6 Å². The number of hydrogen-bond acceptors (Lipinski definition) is 2. The zero-order valence-corrected chi connectivity index (χ0v) is 19.6. The zero-order valence-electron chi connectivity index (χ0n) is 18.0. The zero-order chi connectivity index (χ0) is 22.3. The minimum Gasteiger partial charge on any atom is -0.352 e. The number of halogens is 2. The van der Waals surface area contributed by atoms with Gasteiger partial charge in [-0.2, -0.15) is 0 Å². The average molecular weight is 449 g/mol. The molecule has 1 N–H and O–H groups in total. The average Bonchev–Trinajstić information content (AvgIpc) is 2.71. The molecule has 0 aliphatic heterocycles. The normalized spacial score (nSPS) is 12.9. The van der Waals surface area contributed by atoms with Crippen LogP contribution in [0.4, 0.5) is 0 Å². The third-order valence-corrected chi connectivity index (χ3v) is 6.07. The maximum absolute atomic E-state index is 13.4. The molecule has 2 amide bonds. The predicted molar refractivity (Wildman–Crippen MR) is 124 cm³/mol. The minimum atomic E-state index is -0.547. The monoisotopic (exact) mass is 448 g/mol. The number of carbonyl (C=O) groups excluding carboxylic acids is 2. The van der Waals surface area contributed by atoms with Crippen LogP contribution >= 0.6 is 23.2 Å². The molecule has 0 aliphatic rings. The molecule has 162 valence electrons. The van der Waals surface area contributed by atoms with Gasteiger partial charge in [0, 0.05) is 12.6 Å². The van der Waals surface area contributed by atoms with E-state index in [4.69, 9.17) is 23.2 Å². The van der Waals surface area contributed by atoms with Gasteiger partial charge in [-0.3, -0.25) is 9.59 Å². The lowest BCUT2D eigenvalue weighted by Crippen LogP contribution is -2.51. The Morgan fingerprint density at radius 1 is 1.03 bits per heavy atom. The topological polar surface area (TPSA) is 49.4 Å². The summed E-state index contributed by atoms with van der Waals surface area (Å²) in [5, 5.41) is 3.88. The number of nitrogens with zero attached hydrogens (tertiary/aromatic N) is 1. The Hall–Kier alpha value is -2.04. The summed E-state index contributed by atoms with van der Waals surface area (Å²) < 4.78 is 0. The van der Waals surface area contributed by atoms with Gasteiger partial charge in [0.05, 0.1) is 16.5 Å². The van der Waals surface area contributed by atoms with Crippen molar-refractivity contribution < 1.29 is 9.59 Å². The van der Waals surface area contributed by atoms with Crippen LogP contribution in [0, 0.1) is 6.92 Å². The summed E-state index contributed by atoms with van der Waals surface area (Å²) in [6.07, 6.45) is 1.51. The van der Waals surface area contributed by atoms with E-state index in [1.54, 1.807) is 23.1 Å². The molecule has 0 saturated heterocycles. The molecule has 0 bridgehead atoms. The quantitative estimate of drug-likeness (QED) is 0.545. The van der Waals surface area contributed by atoms with Crippen LogP contribution in [0.15, 0.2) is 42.5 Å². The summed E-state index contributed by atoms with van der Waals surface area (Å²) >= 11 is 12.1. The third-order valence-electron chi connectivity index (χ3n) is 5.33. The number of benzene rings is 2. The van der Waals surface area contributed by atoms with Crippen molar-refractivity contribution >= 4 is 35.0 Å². The van der Waals surface area contributed by atoms with Crippen molar-refractivity contribution in [3.05, 3.63) is 69.2 Å². The first-order valence-electron chi connectivity index (χ1n) is 10.3. The van der Waals surface area contributed by atoms with Gasteiger partial charge in [-0.25, -0.2) is 0 Å². The fourth-order valence-electron chi connectivity index (χ4n) is 3.26. The first kappa shape index (κ1) is 24.2. The van der Waals surface area contributed by atoms with E-state index < -0.39 is 6.04 Å². The smallest absolute Gasteiger partial charge is 0.243 e. The Bertz CT molecular complexity index is 885. The molecule has 0 unspecified atom stereocenters. The fraction of sp³-hybridized carbons (Fsp3) is 0.417. The Morgan fingerprint density at radius 2 is 1.73 bits per heavy atom. The lowest BCUT2D eigenvalue weighted by Gasteiger charge is -2.32. The van der Waals surface area contributed by atoms with Crippen LogP contribution in [0.5, 0.6) is 0 Å². The van der Waals surface area contributed by atoms with Crippen molar-refractivity contribution in [3.8, 4) is 0 Å². The summed E-state index contributed by atoms with van der Waals surface area (Å²) in [5.41, 5.74) is 2.87. The molecule has 2 aromatic carbocycles. The van der Waals surface area contributed by atoms with Crippen molar-refractivity contribution in [1.29, 1.82) is 0 Å². The molecular formula is C24H30Cl2N2O2. The van der Waals surface area contributed by atoms with Gasteiger partial charge in [-0.15, -0.1) is 0 Å². The molecule has 0 spiro atoms. The van der Waals surface area contributed by atoms with E-state index in [1.165, 1.54) is 0 Å². The van der Waals surface area contributed by atoms with E-state index in [2.05, 4.69) is 5.32 Å². The summed E-state index contributed by atoms with van der Waals surface area (Å²) in [6.45, 7) is 8.30. The van der Waals surface area contributed by atoms with Crippen LogP contribution in [0.3, 0.4) is 0 Å². The molecule has 0 aliphatic carbocycles. The first-order valence-corrected chi connectivity index (χ1v) is 11.1. The molecule has 0 radical (unpaired) electrons. The first-order chi connectivity index (χ1) is 14.3. The number of amides is 2. The molecule has 2 rings (SSSR count). The lowest BCUT2D eigenvalue weighted by atomic mass is 10.0. The van der Waals surface area contributed by atoms with Crippen molar-refractivity contribution in [2.24, 2.45) is 0 Å². The molecule has 0 fully saturated rings. The number of rotatable bonds is 9. The highest BCUT2D eigenvalue weighted by Gasteiger charge is 2.29. The van der Waals surface area contributed by atoms with Crippen LogP contribution < -0.4 is 5.32 Å². The summed E-state index contributed by atoms with van der Waals surface area (Å²) in [7, 11) is 0. The fourth-order valence-corrected chi connectivity index (χ4v) is 3.58. The second-order valence-electron chi connectivity index (χ2n) is 7.62. The Labute approximate surface area is 189 Å². The second-order valence-corrected chi connectivity index (χ2v) is 8.43. The van der Waals surface area contributed by atoms with Crippen LogP contribution in [-0.4, -0.2) is 28.8 Å². The standard InChI is InChI=1S/C24H30Cl2N2O2/c1-5-17(4)27-24(30)22(6-2)28(15-19-10-8-7-9-16(19)3)23(29)14-18-11-12-20(25)21(26)13-18/h7-13,17,22H,5-6,14-15H2,1-4H3,(H,27,30)/t17-,22-/m1/s1. The van der Waals surface area contributed by atoms with Crippen molar-refractivity contribution in [2.75, 3.05) is 0 Å². The second kappa shape index (κ2) is 11.4. The lowest BCUT2D eigenvalue weighted by molar-refractivity contribution is -0.141. The predicted octanol–water partition coefficient (Wildman–Crippen LogP) is 5.57. The van der Waals surface area contributed by atoms with Crippen LogP contribution in [0.2, 0.25) is 10.0 Å². The Morgan fingerprint density at radius 3 is 2.33 bits per heavy atom. The highest BCUT2D eigenvalue weighted by molar-refractivity contribution is 6.42. The van der Waals surface area contributed by atoms with Gasteiger partial charge in [0.1, 0.15) is 6.04 Å². The largest absolute Gasteiger partial charge is 0.352 e. The highest BCUT2D eigenvalue weighted by Crippen LogP contribution is 2.24. The Balaban J connectivity index is 2.33. The number of nitrogens with one attached hydrogen (secondary N) is 1. The highest BCUT2D eigenvalue weighted by atomic mass is 35.5. The summed E-state index contributed by atoms with van der Waals surface area (Å²) in [6, 6.07) is 12.6. The summed E-state index contributed by atoms with van der Waals surface area (Å²) in [4.78, 5) is 28.0. The number of hydrogen-bond donors (Lipinski definition) is 1. The van der Waals surface area contributed by atoms with Gasteiger partial charge in [-0.1, -0.05) is 67.4 Å². The van der Waals surface area contributed by atoms with E-state index in [9.17, 15) is 9.59 Å². The molecule has 30 heavy (non-hydrogen) atoms. The third kappa shape index (κ3) is 6.48. The van der Waals surface area contributed by atoms with Gasteiger partial charge in [0.2, 0.25) is 11.8 Å². The van der Waals surface area contributed by atoms with Gasteiger partial charge in [0.25, 0.3) is 0 Å². The summed E-state index contributed by atoms with van der Waals surface area (Å²) in [5.74, 6) is -0.245. The molecule has 0 aromatic heterocycles. The van der Waals surface area contributed by atoms with Crippen LogP contribution in [0.1, 0.15) is 50.3 Å². The van der Waals surface area contributed by atoms with Gasteiger partial charge in [0.15, 0.2) is 0 Å². The maximum atomic E-state index is 13.4. The van der Waals surface area contributed by atoms with Crippen molar-refractivity contribution in [3.63, 3.8) is 0 Å². The van der Waals surface area contributed by atoms with Crippen LogP contribution in [-0.2, 0) is 22.6 Å². The Kier molecular flexibility index (Phi) is 9.19.